The topological polar surface area (TPSA) is 9.86 Å². The zero-order chi connectivity index (χ0) is 35.6. The van der Waals surface area contributed by atoms with E-state index in [-0.39, 0.29) is 0 Å². The third-order valence-corrected chi connectivity index (χ3v) is 11.1. The van der Waals surface area contributed by atoms with E-state index in [0.717, 1.165) is 11.4 Å². The smallest absolute Gasteiger partial charge is 0.0795 e. The Labute approximate surface area is 313 Å². The highest BCUT2D eigenvalue weighted by Gasteiger charge is 2.24. The number of rotatable bonds is 5. The minimum absolute atomic E-state index is 1.13. The number of hydrogen-bond acceptors (Lipinski definition) is 0. The van der Waals surface area contributed by atoms with Crippen LogP contribution in [0.25, 0.3) is 99.1 Å². The maximum absolute atomic E-state index is 2.50. The number of aromatic nitrogens is 2. The fraction of sp³-hybridized carbons (Fsp3) is 0. The number of hydrogen-bond donors (Lipinski definition) is 0. The Morgan fingerprint density at radius 3 is 1.02 bits per heavy atom. The SMILES string of the molecule is c1ccc(-c2cc(-c3ccccc3)cc(-c3ccc(-n4c5ccccc5c5c6ccccc6c6c7ccccc7n(-c7ccccc7)c6c54)cc3)c2)cc1. The Balaban J connectivity index is 1.20. The summed E-state index contributed by atoms with van der Waals surface area (Å²) in [5, 5.41) is 7.62. The molecule has 0 aliphatic heterocycles. The van der Waals surface area contributed by atoms with Gasteiger partial charge in [0.2, 0.25) is 0 Å². The molecule has 0 bridgehead atoms. The lowest BCUT2D eigenvalue weighted by Gasteiger charge is -2.15. The second-order valence-electron chi connectivity index (χ2n) is 14.1. The van der Waals surface area contributed by atoms with Gasteiger partial charge in [-0.15, -0.1) is 0 Å². The van der Waals surface area contributed by atoms with Crippen LogP contribution in [0.15, 0.2) is 206 Å². The molecule has 0 saturated heterocycles. The molecule has 0 fully saturated rings. The molecular weight excluding hydrogens is 653 g/mol. The summed E-state index contributed by atoms with van der Waals surface area (Å²) in [6, 6.07) is 75.1. The first-order valence-electron chi connectivity index (χ1n) is 18.6. The Hall–Kier alpha value is -7.16. The van der Waals surface area contributed by atoms with Crippen LogP contribution in [0.1, 0.15) is 0 Å². The van der Waals surface area contributed by atoms with Crippen LogP contribution in [-0.2, 0) is 0 Å². The van der Waals surface area contributed by atoms with Gasteiger partial charge in [-0.3, -0.25) is 0 Å². The molecule has 9 aromatic carbocycles. The van der Waals surface area contributed by atoms with Crippen molar-refractivity contribution in [3.63, 3.8) is 0 Å². The maximum atomic E-state index is 2.50. The highest BCUT2D eigenvalue weighted by Crippen LogP contribution is 2.46. The summed E-state index contributed by atoms with van der Waals surface area (Å²) in [4.78, 5) is 0. The van der Waals surface area contributed by atoms with Gasteiger partial charge in [0.15, 0.2) is 0 Å². The van der Waals surface area contributed by atoms with E-state index >= 15 is 0 Å². The summed E-state index contributed by atoms with van der Waals surface area (Å²) in [5.41, 5.74) is 14.3. The van der Waals surface area contributed by atoms with E-state index in [9.17, 15) is 0 Å². The van der Waals surface area contributed by atoms with Crippen LogP contribution < -0.4 is 0 Å². The monoisotopic (exact) mass is 686 g/mol. The van der Waals surface area contributed by atoms with Crippen LogP contribution in [0.3, 0.4) is 0 Å². The fourth-order valence-electron chi connectivity index (χ4n) is 8.70. The first kappa shape index (κ1) is 30.5. The first-order chi connectivity index (χ1) is 26.8. The van der Waals surface area contributed by atoms with Gasteiger partial charge in [0.1, 0.15) is 0 Å². The number of nitrogens with zero attached hydrogens (tertiary/aromatic N) is 2. The molecule has 0 saturated carbocycles. The third kappa shape index (κ3) is 4.67. The lowest BCUT2D eigenvalue weighted by atomic mass is 9.93. The molecule has 2 heterocycles. The molecule has 0 aliphatic rings. The van der Waals surface area contributed by atoms with Crippen LogP contribution >= 0.6 is 0 Å². The molecule has 2 nitrogen and oxygen atoms in total. The summed E-state index contributed by atoms with van der Waals surface area (Å²) in [7, 11) is 0. The first-order valence-corrected chi connectivity index (χ1v) is 18.6. The van der Waals surface area contributed by atoms with Gasteiger partial charge in [-0.25, -0.2) is 0 Å². The Morgan fingerprint density at radius 2 is 0.574 bits per heavy atom. The normalized spacial score (nSPS) is 11.7. The molecule has 0 spiro atoms. The van der Waals surface area contributed by atoms with Gasteiger partial charge in [0.25, 0.3) is 0 Å². The van der Waals surface area contributed by atoms with Gasteiger partial charge in [-0.1, -0.05) is 152 Å². The van der Waals surface area contributed by atoms with Crippen molar-refractivity contribution in [3.8, 4) is 44.8 Å². The molecule has 2 aromatic heterocycles. The van der Waals surface area contributed by atoms with Crippen molar-refractivity contribution in [1.29, 1.82) is 0 Å². The molecule has 11 aromatic rings. The van der Waals surface area contributed by atoms with Gasteiger partial charge >= 0.3 is 0 Å². The maximum Gasteiger partial charge on any atom is 0.0795 e. The quantitative estimate of drug-likeness (QED) is 0.171. The number of fused-ring (bicyclic) bond motifs is 10. The Morgan fingerprint density at radius 1 is 0.241 bits per heavy atom. The Kier molecular flexibility index (Phi) is 6.90. The molecule has 11 rings (SSSR count). The number of para-hydroxylation sites is 3. The molecule has 252 valence electrons. The molecule has 0 N–H and O–H groups in total. The summed E-state index contributed by atoms with van der Waals surface area (Å²) >= 11 is 0. The highest BCUT2D eigenvalue weighted by atomic mass is 15.0. The van der Waals surface area contributed by atoms with Crippen LogP contribution in [-0.4, -0.2) is 9.13 Å². The average Bonchev–Trinajstić information content (AvgIpc) is 3.79. The predicted molar refractivity (Wildman–Crippen MR) is 229 cm³/mol. The molecule has 0 atom stereocenters. The van der Waals surface area contributed by atoms with Crippen molar-refractivity contribution in [1.82, 2.24) is 9.13 Å². The van der Waals surface area contributed by atoms with Gasteiger partial charge in [0, 0.05) is 32.9 Å². The van der Waals surface area contributed by atoms with Gasteiger partial charge < -0.3 is 9.13 Å². The molecule has 2 heteroatoms. The third-order valence-electron chi connectivity index (χ3n) is 11.1. The lowest BCUT2D eigenvalue weighted by Crippen LogP contribution is -1.99. The fourth-order valence-corrected chi connectivity index (χ4v) is 8.70. The van der Waals surface area contributed by atoms with Crippen molar-refractivity contribution in [2.45, 2.75) is 0 Å². The molecular formula is C52H34N2. The van der Waals surface area contributed by atoms with Crippen molar-refractivity contribution >= 4 is 54.4 Å². The van der Waals surface area contributed by atoms with E-state index in [2.05, 4.69) is 215 Å². The van der Waals surface area contributed by atoms with E-state index in [1.165, 1.54) is 87.8 Å². The van der Waals surface area contributed by atoms with Gasteiger partial charge in [0.05, 0.1) is 22.1 Å². The summed E-state index contributed by atoms with van der Waals surface area (Å²) < 4.78 is 4.97. The van der Waals surface area contributed by atoms with Crippen molar-refractivity contribution in [2.24, 2.45) is 0 Å². The van der Waals surface area contributed by atoms with Crippen LogP contribution in [0.4, 0.5) is 0 Å². The minimum Gasteiger partial charge on any atom is -0.307 e. The zero-order valence-electron chi connectivity index (χ0n) is 29.5. The summed E-state index contributed by atoms with van der Waals surface area (Å²) in [5.74, 6) is 0. The van der Waals surface area contributed by atoms with E-state index in [1.54, 1.807) is 0 Å². The van der Waals surface area contributed by atoms with E-state index in [1.807, 2.05) is 0 Å². The molecule has 0 radical (unpaired) electrons. The Bertz CT molecular complexity index is 3110. The van der Waals surface area contributed by atoms with Gasteiger partial charge in [-0.05, 0) is 98.8 Å². The van der Waals surface area contributed by atoms with Crippen molar-refractivity contribution in [2.75, 3.05) is 0 Å². The van der Waals surface area contributed by atoms with Crippen molar-refractivity contribution < 1.29 is 0 Å². The highest BCUT2D eigenvalue weighted by molar-refractivity contribution is 6.36. The van der Waals surface area contributed by atoms with Crippen LogP contribution in [0.5, 0.6) is 0 Å². The van der Waals surface area contributed by atoms with Gasteiger partial charge in [-0.2, -0.15) is 0 Å². The standard InChI is InChI=1S/C52H34N2/c1-4-16-35(17-5-1)38-32-39(36-18-6-2-7-19-36)34-40(33-38)37-28-30-42(31-29-37)54-48-27-15-13-25-46(48)50-44-23-11-10-22-43(44)49-45-24-12-14-26-47(45)53(51(49)52(50)54)41-20-8-3-9-21-41/h1-34H. The molecule has 0 aliphatic carbocycles. The van der Waals surface area contributed by atoms with Crippen molar-refractivity contribution in [3.05, 3.63) is 206 Å². The second-order valence-corrected chi connectivity index (χ2v) is 14.1. The minimum atomic E-state index is 1.13. The summed E-state index contributed by atoms with van der Waals surface area (Å²) in [6.07, 6.45) is 0. The van der Waals surface area contributed by atoms with E-state index < -0.39 is 0 Å². The molecule has 0 unspecified atom stereocenters. The number of benzene rings is 9. The largest absolute Gasteiger partial charge is 0.307 e. The van der Waals surface area contributed by atoms with Crippen LogP contribution in [0.2, 0.25) is 0 Å². The second kappa shape index (κ2) is 12.2. The summed E-state index contributed by atoms with van der Waals surface area (Å²) in [6.45, 7) is 0. The van der Waals surface area contributed by atoms with E-state index in [0.29, 0.717) is 0 Å². The lowest BCUT2D eigenvalue weighted by molar-refractivity contribution is 1.15. The molecule has 54 heavy (non-hydrogen) atoms. The molecule has 0 amide bonds. The van der Waals surface area contributed by atoms with E-state index in [4.69, 9.17) is 0 Å². The predicted octanol–water partition coefficient (Wildman–Crippen LogP) is 14.0. The average molecular weight is 687 g/mol. The van der Waals surface area contributed by atoms with Crippen LogP contribution in [0, 0.1) is 0 Å². The zero-order valence-corrected chi connectivity index (χ0v) is 29.5.